The zero-order chi connectivity index (χ0) is 36.7. The first-order chi connectivity index (χ1) is 22.5. The average molecular weight is 708 g/mol. The van der Waals surface area contributed by atoms with E-state index < -0.39 is 73.2 Å². The van der Waals surface area contributed by atoms with E-state index in [-0.39, 0.29) is 29.0 Å². The molecule has 0 aromatic heterocycles. The third kappa shape index (κ3) is 8.79. The SMILES string of the molecule is CCCC[C@H](NC(=O)[C@H]1C2[C@H](CN1C(=O)[C@@H](NC(=O)NC1(CS(=O)(=O)C(C)(C)C)CCCCC1)C(C)(C)C)C2(C)C)C(=O)C(=O)NC1CC1. The first-order valence-electron chi connectivity index (χ1n) is 18.3. The monoisotopic (exact) mass is 707 g/mol. The van der Waals surface area contributed by atoms with Crippen LogP contribution in [0.5, 0.6) is 0 Å². The molecule has 5 atom stereocenters. The van der Waals surface area contributed by atoms with Gasteiger partial charge in [0.05, 0.1) is 22.1 Å². The number of nitrogens with zero attached hydrogens (tertiary/aromatic N) is 1. The molecule has 1 heterocycles. The molecule has 49 heavy (non-hydrogen) atoms. The molecule has 4 N–H and O–H groups in total. The average Bonchev–Trinajstić information content (AvgIpc) is 3.83. The Morgan fingerprint density at radius 3 is 2.06 bits per heavy atom. The van der Waals surface area contributed by atoms with Crippen LogP contribution in [0.3, 0.4) is 0 Å². The lowest BCUT2D eigenvalue weighted by atomic mass is 9.83. The van der Waals surface area contributed by atoms with Crippen LogP contribution >= 0.6 is 0 Å². The van der Waals surface area contributed by atoms with Crippen molar-refractivity contribution in [2.45, 2.75) is 161 Å². The number of ketones is 1. The normalized spacial score (nSPS) is 25.7. The van der Waals surface area contributed by atoms with Crippen molar-refractivity contribution in [1.82, 2.24) is 26.2 Å². The Kier molecular flexibility index (Phi) is 11.3. The Hall–Kier alpha value is -2.70. The minimum absolute atomic E-state index is 0.00450. The van der Waals surface area contributed by atoms with Crippen LogP contribution in [0.4, 0.5) is 4.79 Å². The highest BCUT2D eigenvalue weighted by molar-refractivity contribution is 7.92. The minimum Gasteiger partial charge on any atom is -0.347 e. The molecule has 278 valence electrons. The Morgan fingerprint density at radius 1 is 0.918 bits per heavy atom. The van der Waals surface area contributed by atoms with Gasteiger partial charge in [0, 0.05) is 12.6 Å². The molecule has 1 saturated heterocycles. The van der Waals surface area contributed by atoms with E-state index in [0.717, 1.165) is 38.5 Å². The summed E-state index contributed by atoms with van der Waals surface area (Å²) in [6.45, 7) is 16.9. The van der Waals surface area contributed by atoms with Crippen molar-refractivity contribution < 1.29 is 32.4 Å². The summed E-state index contributed by atoms with van der Waals surface area (Å²) in [5.74, 6) is -2.50. The highest BCUT2D eigenvalue weighted by Gasteiger charge is 2.70. The maximum atomic E-state index is 14.5. The molecular formula is C36H61N5O7S. The molecule has 4 aliphatic rings. The third-order valence-corrected chi connectivity index (χ3v) is 14.2. The standard InChI is InChI=1S/C36H61N5O7S/c1-10-11-15-24(27(42)30(44)37-22-16-17-22)38-29(43)26-25-23(35(25,8)9)20-41(26)31(45)28(33(2,3)4)39-32(46)40-36(18-13-12-14-19-36)21-49(47,48)34(5,6)7/h22-26,28H,10-21H2,1-9H3,(H,37,44)(H,38,43)(H2,39,40,46)/t23-,24-,25?,26+,28+/m0/s1. The Morgan fingerprint density at radius 2 is 1.53 bits per heavy atom. The maximum Gasteiger partial charge on any atom is 0.315 e. The van der Waals surface area contributed by atoms with E-state index in [4.69, 9.17) is 0 Å². The molecule has 0 radical (unpaired) electrons. The summed E-state index contributed by atoms with van der Waals surface area (Å²) in [6, 6.07) is -3.50. The lowest BCUT2D eigenvalue weighted by Crippen LogP contribution is -2.64. The summed E-state index contributed by atoms with van der Waals surface area (Å²) in [5.41, 5.74) is -1.90. The van der Waals surface area contributed by atoms with Gasteiger partial charge in [-0.25, -0.2) is 13.2 Å². The largest absolute Gasteiger partial charge is 0.347 e. The van der Waals surface area contributed by atoms with Crippen molar-refractivity contribution in [2.75, 3.05) is 12.3 Å². The highest BCUT2D eigenvalue weighted by Crippen LogP contribution is 2.65. The Labute approximate surface area is 293 Å². The molecule has 0 spiro atoms. The first-order valence-corrected chi connectivity index (χ1v) is 20.0. The van der Waals surface area contributed by atoms with Crippen molar-refractivity contribution in [1.29, 1.82) is 0 Å². The molecule has 0 aromatic carbocycles. The number of nitrogens with one attached hydrogen (secondary N) is 4. The molecule has 12 nitrogen and oxygen atoms in total. The molecule has 13 heteroatoms. The summed E-state index contributed by atoms with van der Waals surface area (Å²) < 4.78 is 25.6. The second-order valence-electron chi connectivity index (χ2n) is 17.8. The van der Waals surface area contributed by atoms with Gasteiger partial charge < -0.3 is 26.2 Å². The zero-order valence-corrected chi connectivity index (χ0v) is 32.0. The topological polar surface area (TPSA) is 171 Å². The number of urea groups is 1. The van der Waals surface area contributed by atoms with Gasteiger partial charge in [0.25, 0.3) is 5.91 Å². The number of sulfone groups is 1. The smallest absolute Gasteiger partial charge is 0.315 e. The number of amides is 5. The van der Waals surface area contributed by atoms with Crippen LogP contribution in [0.2, 0.25) is 0 Å². The van der Waals surface area contributed by atoms with Crippen molar-refractivity contribution in [3.8, 4) is 0 Å². The molecule has 4 fully saturated rings. The van der Waals surface area contributed by atoms with Crippen LogP contribution < -0.4 is 21.3 Å². The minimum atomic E-state index is -3.56. The molecule has 3 aliphatic carbocycles. The van der Waals surface area contributed by atoms with Crippen LogP contribution in [0, 0.1) is 22.7 Å². The number of carbonyl (C=O) groups is 5. The van der Waals surface area contributed by atoms with E-state index >= 15 is 0 Å². The quantitative estimate of drug-likeness (QED) is 0.212. The van der Waals surface area contributed by atoms with Crippen molar-refractivity contribution >= 4 is 39.4 Å². The molecule has 0 bridgehead atoms. The van der Waals surface area contributed by atoms with E-state index in [9.17, 15) is 32.4 Å². The number of Topliss-reactive ketones (excluding diaryl/α,β-unsaturated/α-hetero) is 1. The molecule has 0 aromatic rings. The fourth-order valence-corrected chi connectivity index (χ4v) is 9.25. The van der Waals surface area contributed by atoms with Crippen LogP contribution in [0.1, 0.15) is 127 Å². The highest BCUT2D eigenvalue weighted by atomic mass is 32.2. The lowest BCUT2D eigenvalue weighted by molar-refractivity contribution is -0.145. The zero-order valence-electron chi connectivity index (χ0n) is 31.2. The van der Waals surface area contributed by atoms with Gasteiger partial charge >= 0.3 is 6.03 Å². The van der Waals surface area contributed by atoms with Crippen LogP contribution in [0.25, 0.3) is 0 Å². The number of piperidine rings is 1. The summed E-state index contributed by atoms with van der Waals surface area (Å²) in [6.07, 6.45) is 6.97. The number of rotatable bonds is 13. The predicted molar refractivity (Wildman–Crippen MR) is 188 cm³/mol. The van der Waals surface area contributed by atoms with Gasteiger partial charge in [0.15, 0.2) is 9.84 Å². The van der Waals surface area contributed by atoms with Crippen LogP contribution in [0.15, 0.2) is 0 Å². The Balaban J connectivity index is 1.54. The van der Waals surface area contributed by atoms with E-state index in [1.807, 2.05) is 27.7 Å². The molecule has 5 amide bonds. The Bertz CT molecular complexity index is 1400. The molecule has 1 aliphatic heterocycles. The van der Waals surface area contributed by atoms with Crippen molar-refractivity contribution in [2.24, 2.45) is 22.7 Å². The summed E-state index contributed by atoms with van der Waals surface area (Å²) >= 11 is 0. The number of likely N-dealkylation sites (tertiary alicyclic amines) is 1. The second kappa shape index (κ2) is 14.1. The van der Waals surface area contributed by atoms with Gasteiger partial charge in [-0.1, -0.05) is 73.6 Å². The van der Waals surface area contributed by atoms with Gasteiger partial charge in [-0.05, 0) is 75.5 Å². The third-order valence-electron chi connectivity index (χ3n) is 11.4. The predicted octanol–water partition coefficient (Wildman–Crippen LogP) is 3.62. The first kappa shape index (κ1) is 39.1. The van der Waals surface area contributed by atoms with Gasteiger partial charge in [-0.2, -0.15) is 0 Å². The van der Waals surface area contributed by atoms with E-state index in [2.05, 4.69) is 35.1 Å². The van der Waals surface area contributed by atoms with Crippen LogP contribution in [-0.2, 0) is 29.0 Å². The van der Waals surface area contributed by atoms with Crippen molar-refractivity contribution in [3.05, 3.63) is 0 Å². The van der Waals surface area contributed by atoms with Gasteiger partial charge in [0.1, 0.15) is 12.1 Å². The molecule has 4 rings (SSSR count). The van der Waals surface area contributed by atoms with Crippen molar-refractivity contribution in [3.63, 3.8) is 0 Å². The number of hydrogen-bond acceptors (Lipinski definition) is 7. The summed E-state index contributed by atoms with van der Waals surface area (Å²) in [4.78, 5) is 69.7. The molecular weight excluding hydrogens is 646 g/mol. The number of unbranched alkanes of at least 4 members (excludes halogenated alkanes) is 1. The van der Waals surface area contributed by atoms with Gasteiger partial charge in [-0.3, -0.25) is 19.2 Å². The molecule has 1 unspecified atom stereocenters. The van der Waals surface area contributed by atoms with Gasteiger partial charge in [0.2, 0.25) is 17.6 Å². The van der Waals surface area contributed by atoms with E-state index in [1.54, 1.807) is 20.8 Å². The van der Waals surface area contributed by atoms with E-state index in [1.165, 1.54) is 4.90 Å². The summed E-state index contributed by atoms with van der Waals surface area (Å²) in [5, 5.41) is 11.5. The lowest BCUT2D eigenvalue weighted by Gasteiger charge is -2.41. The maximum absolute atomic E-state index is 14.5. The number of carbonyl (C=O) groups excluding carboxylic acids is 5. The van der Waals surface area contributed by atoms with Crippen LogP contribution in [-0.4, -0.2) is 89.6 Å². The number of hydrogen-bond donors (Lipinski definition) is 4. The number of fused-ring (bicyclic) bond motifs is 1. The molecule has 3 saturated carbocycles. The van der Waals surface area contributed by atoms with E-state index in [0.29, 0.717) is 32.2 Å². The fraction of sp³-hybridized carbons (Fsp3) is 0.861. The van der Waals surface area contributed by atoms with Gasteiger partial charge in [-0.15, -0.1) is 0 Å². The fourth-order valence-electron chi connectivity index (χ4n) is 7.73. The second-order valence-corrected chi connectivity index (χ2v) is 20.6. The summed E-state index contributed by atoms with van der Waals surface area (Å²) in [7, 11) is -3.56.